The minimum absolute atomic E-state index is 0.0434. The van der Waals surface area contributed by atoms with Crippen LogP contribution >= 0.6 is 0 Å². The molecule has 0 aliphatic carbocycles. The van der Waals surface area contributed by atoms with Crippen molar-refractivity contribution in [1.29, 1.82) is 0 Å². The zero-order valence-corrected chi connectivity index (χ0v) is 17.1. The lowest BCUT2D eigenvalue weighted by Crippen LogP contribution is -2.53. The molecular weight excluding hydrogens is 344 g/mol. The summed E-state index contributed by atoms with van der Waals surface area (Å²) in [5.74, 6) is 1.76. The molecule has 1 unspecified atom stereocenters. The number of nitrogens with zero attached hydrogens (tertiary/aromatic N) is 3. The first kappa shape index (κ1) is 21.3. The predicted octanol–water partition coefficient (Wildman–Crippen LogP) is 2.45. The summed E-state index contributed by atoms with van der Waals surface area (Å²) < 4.78 is 11.0. The minimum atomic E-state index is -0.0434. The number of carbonyl (C=O) groups excluding carboxylic acids is 1. The molecule has 2 heterocycles. The number of furan rings is 1. The number of guanidine groups is 1. The highest BCUT2D eigenvalue weighted by atomic mass is 16.5. The Bertz CT molecular complexity index is 578. The van der Waals surface area contributed by atoms with Crippen molar-refractivity contribution in [3.63, 3.8) is 0 Å². The Labute approximate surface area is 162 Å². The zero-order valence-electron chi connectivity index (χ0n) is 17.1. The molecule has 0 bridgehead atoms. The van der Waals surface area contributed by atoms with Crippen molar-refractivity contribution in [2.75, 3.05) is 45.9 Å². The topological polar surface area (TPSA) is 70.3 Å². The Hall–Kier alpha value is -2.02. The van der Waals surface area contributed by atoms with Gasteiger partial charge in [-0.3, -0.25) is 9.79 Å². The first-order valence-corrected chi connectivity index (χ1v) is 10.0. The molecular formula is C20H34N4O3. The summed E-state index contributed by atoms with van der Waals surface area (Å²) in [7, 11) is 0. The number of ether oxygens (including phenoxy) is 1. The fraction of sp³-hybridized carbons (Fsp3) is 0.700. The van der Waals surface area contributed by atoms with Crippen LogP contribution in [0.15, 0.2) is 27.8 Å². The second-order valence-electron chi connectivity index (χ2n) is 7.02. The lowest BCUT2D eigenvalue weighted by Gasteiger charge is -2.36. The van der Waals surface area contributed by atoms with Crippen LogP contribution < -0.4 is 5.32 Å². The summed E-state index contributed by atoms with van der Waals surface area (Å²) in [6.45, 7) is 13.6. The molecule has 7 nitrogen and oxygen atoms in total. The van der Waals surface area contributed by atoms with Gasteiger partial charge in [0.2, 0.25) is 0 Å². The number of nitrogens with one attached hydrogen (secondary N) is 1. The Balaban J connectivity index is 1.88. The quantitative estimate of drug-likeness (QED) is 0.556. The van der Waals surface area contributed by atoms with Gasteiger partial charge in [-0.15, -0.1) is 0 Å². The van der Waals surface area contributed by atoms with Crippen LogP contribution in [0.5, 0.6) is 0 Å². The standard InChI is InChI=1S/C20H34N4O3/c1-5-21-20(22-10-9-17(16(3)4)26-6-2)24-13-11-23(12-14-24)19(25)18-8-7-15-27-18/h7-8,15-17H,5-6,9-14H2,1-4H3,(H,21,22). The predicted molar refractivity (Wildman–Crippen MR) is 107 cm³/mol. The van der Waals surface area contributed by atoms with Crippen molar-refractivity contribution in [2.45, 2.75) is 40.2 Å². The van der Waals surface area contributed by atoms with Crippen molar-refractivity contribution < 1.29 is 13.9 Å². The second kappa shape index (κ2) is 11.0. The minimum Gasteiger partial charge on any atom is -0.459 e. The molecule has 0 saturated carbocycles. The highest BCUT2D eigenvalue weighted by Gasteiger charge is 2.25. The van der Waals surface area contributed by atoms with E-state index in [4.69, 9.17) is 14.1 Å². The van der Waals surface area contributed by atoms with Crippen LogP contribution in [-0.2, 0) is 4.74 Å². The average molecular weight is 379 g/mol. The normalized spacial score (nSPS) is 16.7. The average Bonchev–Trinajstić information content (AvgIpc) is 3.21. The number of aliphatic imine (C=N–C) groups is 1. The fourth-order valence-corrected chi connectivity index (χ4v) is 3.22. The van der Waals surface area contributed by atoms with E-state index in [9.17, 15) is 4.79 Å². The van der Waals surface area contributed by atoms with Gasteiger partial charge in [-0.25, -0.2) is 0 Å². The maximum absolute atomic E-state index is 12.4. The molecule has 1 atom stereocenters. The third kappa shape index (κ3) is 6.27. The van der Waals surface area contributed by atoms with E-state index in [0.717, 1.165) is 45.2 Å². The van der Waals surface area contributed by atoms with Crippen molar-refractivity contribution >= 4 is 11.9 Å². The Morgan fingerprint density at radius 3 is 2.52 bits per heavy atom. The summed E-state index contributed by atoms with van der Waals surface area (Å²) in [4.78, 5) is 21.2. The molecule has 1 saturated heterocycles. The van der Waals surface area contributed by atoms with Gasteiger partial charge in [0.05, 0.1) is 12.4 Å². The Morgan fingerprint density at radius 2 is 1.96 bits per heavy atom. The molecule has 1 aliphatic rings. The first-order chi connectivity index (χ1) is 13.1. The van der Waals surface area contributed by atoms with Gasteiger partial charge < -0.3 is 24.3 Å². The van der Waals surface area contributed by atoms with Crippen molar-refractivity contribution in [3.05, 3.63) is 24.2 Å². The van der Waals surface area contributed by atoms with Crippen molar-refractivity contribution in [1.82, 2.24) is 15.1 Å². The molecule has 7 heteroatoms. The van der Waals surface area contributed by atoms with E-state index >= 15 is 0 Å². The van der Waals surface area contributed by atoms with Gasteiger partial charge in [-0.1, -0.05) is 13.8 Å². The summed E-state index contributed by atoms with van der Waals surface area (Å²) in [5, 5.41) is 3.37. The molecule has 1 aliphatic heterocycles. The molecule has 2 rings (SSSR count). The van der Waals surface area contributed by atoms with Crippen LogP contribution in [0.2, 0.25) is 0 Å². The summed E-state index contributed by atoms with van der Waals surface area (Å²) in [5.41, 5.74) is 0. The van der Waals surface area contributed by atoms with Crippen molar-refractivity contribution in [2.24, 2.45) is 10.9 Å². The van der Waals surface area contributed by atoms with Crippen LogP contribution in [0.4, 0.5) is 0 Å². The van der Waals surface area contributed by atoms with Crippen LogP contribution in [0.3, 0.4) is 0 Å². The van der Waals surface area contributed by atoms with Gasteiger partial charge in [0.15, 0.2) is 11.7 Å². The van der Waals surface area contributed by atoms with Gasteiger partial charge in [0, 0.05) is 45.9 Å². The van der Waals surface area contributed by atoms with E-state index in [1.165, 1.54) is 6.26 Å². The van der Waals surface area contributed by atoms with Gasteiger partial charge in [-0.05, 0) is 38.3 Å². The van der Waals surface area contributed by atoms with E-state index in [0.29, 0.717) is 24.8 Å². The SMILES string of the molecule is CCNC(=NCCC(OCC)C(C)C)N1CCN(C(=O)c2ccco2)CC1. The van der Waals surface area contributed by atoms with Crippen LogP contribution in [-0.4, -0.2) is 73.6 Å². The monoisotopic (exact) mass is 378 g/mol. The van der Waals surface area contributed by atoms with Gasteiger partial charge >= 0.3 is 0 Å². The number of piperazine rings is 1. The van der Waals surface area contributed by atoms with Crippen molar-refractivity contribution in [3.8, 4) is 0 Å². The van der Waals surface area contributed by atoms with Gasteiger partial charge in [0.25, 0.3) is 5.91 Å². The molecule has 1 aromatic heterocycles. The zero-order chi connectivity index (χ0) is 19.6. The Morgan fingerprint density at radius 1 is 1.26 bits per heavy atom. The number of carbonyl (C=O) groups is 1. The molecule has 1 aromatic rings. The molecule has 0 radical (unpaired) electrons. The van der Waals surface area contributed by atoms with Gasteiger partial charge in [0.1, 0.15) is 0 Å². The summed E-state index contributed by atoms with van der Waals surface area (Å²) in [6.07, 6.45) is 2.69. The smallest absolute Gasteiger partial charge is 0.289 e. The largest absolute Gasteiger partial charge is 0.459 e. The molecule has 1 N–H and O–H groups in total. The van der Waals surface area contributed by atoms with Crippen LogP contribution in [0, 0.1) is 5.92 Å². The highest BCUT2D eigenvalue weighted by molar-refractivity contribution is 5.91. The summed E-state index contributed by atoms with van der Waals surface area (Å²) in [6, 6.07) is 3.45. The third-order valence-corrected chi connectivity index (χ3v) is 4.73. The van der Waals surface area contributed by atoms with E-state index in [1.807, 2.05) is 11.8 Å². The lowest BCUT2D eigenvalue weighted by atomic mass is 10.0. The van der Waals surface area contributed by atoms with Crippen LogP contribution in [0.1, 0.15) is 44.7 Å². The maximum atomic E-state index is 12.4. The van der Waals surface area contributed by atoms with Gasteiger partial charge in [-0.2, -0.15) is 0 Å². The van der Waals surface area contributed by atoms with Crippen LogP contribution in [0.25, 0.3) is 0 Å². The van der Waals surface area contributed by atoms with E-state index in [-0.39, 0.29) is 12.0 Å². The number of hydrogen-bond donors (Lipinski definition) is 1. The Kier molecular flexibility index (Phi) is 8.64. The van der Waals surface area contributed by atoms with E-state index in [2.05, 4.69) is 31.0 Å². The molecule has 1 fully saturated rings. The molecule has 152 valence electrons. The third-order valence-electron chi connectivity index (χ3n) is 4.73. The number of amides is 1. The first-order valence-electron chi connectivity index (χ1n) is 10.0. The van der Waals surface area contributed by atoms with E-state index < -0.39 is 0 Å². The lowest BCUT2D eigenvalue weighted by molar-refractivity contribution is 0.0266. The van der Waals surface area contributed by atoms with E-state index in [1.54, 1.807) is 12.1 Å². The molecule has 0 aromatic carbocycles. The highest BCUT2D eigenvalue weighted by Crippen LogP contribution is 2.12. The maximum Gasteiger partial charge on any atom is 0.289 e. The second-order valence-corrected chi connectivity index (χ2v) is 7.02. The molecule has 0 spiro atoms. The fourth-order valence-electron chi connectivity index (χ4n) is 3.22. The molecule has 27 heavy (non-hydrogen) atoms. The number of rotatable bonds is 8. The molecule has 1 amide bonds. The number of hydrogen-bond acceptors (Lipinski definition) is 4. The summed E-state index contributed by atoms with van der Waals surface area (Å²) >= 11 is 0.